The lowest BCUT2D eigenvalue weighted by molar-refractivity contribution is 0.0565. The number of carbonyl (C=O) groups excluding carboxylic acids is 1. The first-order chi connectivity index (χ1) is 8.08. The van der Waals surface area contributed by atoms with Crippen molar-refractivity contribution in [1.82, 2.24) is 4.90 Å². The van der Waals surface area contributed by atoms with Crippen LogP contribution in [0.4, 0.5) is 0 Å². The van der Waals surface area contributed by atoms with Crippen molar-refractivity contribution in [2.45, 2.75) is 19.4 Å². The molecule has 3 nitrogen and oxygen atoms in total. The normalized spacial score (nSPS) is 21.4. The van der Waals surface area contributed by atoms with Crippen LogP contribution in [0.15, 0.2) is 14.3 Å². The molecule has 0 bridgehead atoms. The van der Waals surface area contributed by atoms with Crippen molar-refractivity contribution in [2.24, 2.45) is 0 Å². The summed E-state index contributed by atoms with van der Waals surface area (Å²) < 4.78 is 7.43. The van der Waals surface area contributed by atoms with Crippen molar-refractivity contribution in [3.8, 4) is 0 Å². The Morgan fingerprint density at radius 3 is 3.00 bits per heavy atom. The van der Waals surface area contributed by atoms with Gasteiger partial charge in [0.05, 0.1) is 14.8 Å². The number of ether oxygens (including phenoxy) is 1. The zero-order chi connectivity index (χ0) is 12.4. The topological polar surface area (TPSA) is 29.5 Å². The number of hydrogen-bond acceptors (Lipinski definition) is 3. The molecule has 6 heteroatoms. The molecule has 17 heavy (non-hydrogen) atoms. The van der Waals surface area contributed by atoms with Crippen LogP contribution in [0.3, 0.4) is 0 Å². The van der Waals surface area contributed by atoms with E-state index >= 15 is 0 Å². The zero-order valence-electron chi connectivity index (χ0n) is 9.41. The quantitative estimate of drug-likeness (QED) is 0.743. The molecule has 1 aromatic heterocycles. The molecule has 0 N–H and O–H groups in total. The number of halogens is 2. The highest BCUT2D eigenvalue weighted by atomic mass is 79.9. The highest BCUT2D eigenvalue weighted by molar-refractivity contribution is 9.13. The molecule has 1 aliphatic rings. The van der Waals surface area contributed by atoms with Gasteiger partial charge < -0.3 is 9.64 Å². The maximum atomic E-state index is 12.3. The summed E-state index contributed by atoms with van der Waals surface area (Å²) in [5, 5.41) is 0. The van der Waals surface area contributed by atoms with E-state index < -0.39 is 0 Å². The highest BCUT2D eigenvalue weighted by Crippen LogP contribution is 2.33. The van der Waals surface area contributed by atoms with E-state index in [2.05, 4.69) is 31.9 Å². The summed E-state index contributed by atoms with van der Waals surface area (Å²) in [5.41, 5.74) is 0. The maximum absolute atomic E-state index is 12.3. The molecule has 1 fully saturated rings. The van der Waals surface area contributed by atoms with Gasteiger partial charge in [-0.25, -0.2) is 0 Å². The second-order valence-electron chi connectivity index (χ2n) is 4.02. The average molecular weight is 383 g/mol. The first kappa shape index (κ1) is 13.5. The van der Waals surface area contributed by atoms with E-state index in [-0.39, 0.29) is 12.0 Å². The number of rotatable bonds is 1. The van der Waals surface area contributed by atoms with Crippen LogP contribution in [0.1, 0.15) is 23.0 Å². The minimum Gasteiger partial charge on any atom is -0.377 e. The van der Waals surface area contributed by atoms with Crippen molar-refractivity contribution < 1.29 is 9.53 Å². The fraction of sp³-hybridized carbons (Fsp3) is 0.545. The SMILES string of the molecule is CC1CN(C(=O)c2cc(Br)c(Br)s2)CCCO1. The summed E-state index contributed by atoms with van der Waals surface area (Å²) in [7, 11) is 0. The van der Waals surface area contributed by atoms with E-state index in [1.54, 1.807) is 0 Å². The molecule has 0 saturated carbocycles. The molecule has 0 aliphatic carbocycles. The van der Waals surface area contributed by atoms with Crippen LogP contribution in [-0.2, 0) is 4.74 Å². The third-order valence-electron chi connectivity index (χ3n) is 2.60. The van der Waals surface area contributed by atoms with Gasteiger partial charge in [-0.2, -0.15) is 0 Å². The van der Waals surface area contributed by atoms with Crippen LogP contribution < -0.4 is 0 Å². The molecule has 94 valence electrons. The molecule has 0 radical (unpaired) electrons. The molecule has 0 aromatic carbocycles. The van der Waals surface area contributed by atoms with Crippen molar-refractivity contribution in [1.29, 1.82) is 0 Å². The van der Waals surface area contributed by atoms with Gasteiger partial charge in [-0.15, -0.1) is 11.3 Å². The average Bonchev–Trinajstić information content (AvgIpc) is 2.51. The Hall–Kier alpha value is 0.0900. The van der Waals surface area contributed by atoms with E-state index in [0.29, 0.717) is 6.54 Å². The molecule has 1 amide bonds. The number of hydrogen-bond donors (Lipinski definition) is 0. The van der Waals surface area contributed by atoms with Gasteiger partial charge in [-0.05, 0) is 51.3 Å². The molecule has 2 heterocycles. The molecule has 1 aliphatic heterocycles. The van der Waals surface area contributed by atoms with Gasteiger partial charge in [0.1, 0.15) is 0 Å². The molecular weight excluding hydrogens is 370 g/mol. The first-order valence-electron chi connectivity index (χ1n) is 5.43. The predicted octanol–water partition coefficient (Wildman–Crippen LogP) is 3.52. The lowest BCUT2D eigenvalue weighted by Crippen LogP contribution is -2.35. The maximum Gasteiger partial charge on any atom is 0.264 e. The van der Waals surface area contributed by atoms with Gasteiger partial charge in [-0.3, -0.25) is 4.79 Å². The third kappa shape index (κ3) is 3.30. The van der Waals surface area contributed by atoms with E-state index in [1.165, 1.54) is 11.3 Å². The Balaban J connectivity index is 2.13. The summed E-state index contributed by atoms with van der Waals surface area (Å²) in [6, 6.07) is 1.87. The number of amides is 1. The summed E-state index contributed by atoms with van der Waals surface area (Å²) in [6.07, 6.45) is 1.03. The fourth-order valence-electron chi connectivity index (χ4n) is 1.79. The number of carbonyl (C=O) groups is 1. The third-order valence-corrected chi connectivity index (χ3v) is 5.84. The van der Waals surface area contributed by atoms with E-state index in [0.717, 1.165) is 32.7 Å². The molecule has 1 saturated heterocycles. The highest BCUT2D eigenvalue weighted by Gasteiger charge is 2.22. The summed E-state index contributed by atoms with van der Waals surface area (Å²) >= 11 is 8.28. The van der Waals surface area contributed by atoms with Gasteiger partial charge in [0.2, 0.25) is 0 Å². The fourth-order valence-corrected chi connectivity index (χ4v) is 3.79. The van der Waals surface area contributed by atoms with Gasteiger partial charge in [0.25, 0.3) is 5.91 Å². The Kier molecular flexibility index (Phi) is 4.63. The molecular formula is C11H13Br2NO2S. The minimum atomic E-state index is 0.0961. The lowest BCUT2D eigenvalue weighted by atomic mass is 10.3. The molecule has 0 spiro atoms. The van der Waals surface area contributed by atoms with Gasteiger partial charge in [0.15, 0.2) is 0 Å². The Morgan fingerprint density at radius 1 is 1.59 bits per heavy atom. The summed E-state index contributed by atoms with van der Waals surface area (Å²) in [6.45, 7) is 4.19. The van der Waals surface area contributed by atoms with E-state index in [4.69, 9.17) is 4.74 Å². The van der Waals surface area contributed by atoms with Crippen molar-refractivity contribution in [2.75, 3.05) is 19.7 Å². The van der Waals surface area contributed by atoms with Crippen molar-refractivity contribution in [3.05, 3.63) is 19.2 Å². The summed E-state index contributed by atoms with van der Waals surface area (Å²) in [4.78, 5) is 14.9. The molecule has 1 unspecified atom stereocenters. The second kappa shape index (κ2) is 5.82. The predicted molar refractivity (Wildman–Crippen MR) is 75.7 cm³/mol. The first-order valence-corrected chi connectivity index (χ1v) is 7.84. The van der Waals surface area contributed by atoms with Gasteiger partial charge in [-0.1, -0.05) is 0 Å². The van der Waals surface area contributed by atoms with E-state index in [1.807, 2.05) is 17.9 Å². The van der Waals surface area contributed by atoms with Crippen LogP contribution in [0, 0.1) is 0 Å². The Morgan fingerprint density at radius 2 is 2.35 bits per heavy atom. The monoisotopic (exact) mass is 381 g/mol. The van der Waals surface area contributed by atoms with Crippen molar-refractivity contribution >= 4 is 49.1 Å². The van der Waals surface area contributed by atoms with Crippen LogP contribution in [-0.4, -0.2) is 36.6 Å². The number of nitrogens with zero attached hydrogens (tertiary/aromatic N) is 1. The number of thiophene rings is 1. The smallest absolute Gasteiger partial charge is 0.264 e. The van der Waals surface area contributed by atoms with Crippen LogP contribution in [0.5, 0.6) is 0 Å². The molecule has 1 atom stereocenters. The van der Waals surface area contributed by atoms with Crippen LogP contribution >= 0.6 is 43.2 Å². The lowest BCUT2D eigenvalue weighted by Gasteiger charge is -2.21. The Bertz CT molecular complexity index is 402. The standard InChI is InChI=1S/C11H13Br2NO2S/c1-7-6-14(3-2-4-16-7)11(15)9-5-8(12)10(13)17-9/h5,7H,2-4,6H2,1H3. The zero-order valence-corrected chi connectivity index (χ0v) is 13.4. The molecule has 2 rings (SSSR count). The largest absolute Gasteiger partial charge is 0.377 e. The summed E-state index contributed by atoms with van der Waals surface area (Å²) in [5.74, 6) is 0.0961. The van der Waals surface area contributed by atoms with Gasteiger partial charge >= 0.3 is 0 Å². The van der Waals surface area contributed by atoms with Crippen LogP contribution in [0.25, 0.3) is 0 Å². The van der Waals surface area contributed by atoms with Crippen LogP contribution in [0.2, 0.25) is 0 Å². The second-order valence-corrected chi connectivity index (χ2v) is 7.24. The van der Waals surface area contributed by atoms with E-state index in [9.17, 15) is 4.79 Å². The van der Waals surface area contributed by atoms with Gasteiger partial charge in [0, 0.05) is 24.2 Å². The molecule has 1 aromatic rings. The minimum absolute atomic E-state index is 0.0961. The van der Waals surface area contributed by atoms with Crippen molar-refractivity contribution in [3.63, 3.8) is 0 Å². The Labute approximate surface area is 121 Å².